The van der Waals surface area contributed by atoms with Gasteiger partial charge in [0.1, 0.15) is 11.4 Å². The van der Waals surface area contributed by atoms with E-state index in [1.807, 2.05) is 6.92 Å². The van der Waals surface area contributed by atoms with Gasteiger partial charge in [-0.05, 0) is 36.2 Å². The van der Waals surface area contributed by atoms with Gasteiger partial charge in [-0.15, -0.1) is 0 Å². The van der Waals surface area contributed by atoms with Crippen molar-refractivity contribution >= 4 is 23.2 Å². The van der Waals surface area contributed by atoms with Gasteiger partial charge in [0.15, 0.2) is 0 Å². The normalized spacial score (nSPS) is 14.2. The molecule has 0 saturated heterocycles. The van der Waals surface area contributed by atoms with Crippen LogP contribution >= 0.6 is 23.2 Å². The third-order valence-electron chi connectivity index (χ3n) is 3.06. The molecule has 0 amide bonds. The van der Waals surface area contributed by atoms with Gasteiger partial charge in [-0.25, -0.2) is 4.39 Å². The highest BCUT2D eigenvalue weighted by molar-refractivity contribution is 6.42. The van der Waals surface area contributed by atoms with Crippen LogP contribution in [0.5, 0.6) is 0 Å². The lowest BCUT2D eigenvalue weighted by atomic mass is 9.87. The Bertz CT molecular complexity index is 588. The van der Waals surface area contributed by atoms with Crippen LogP contribution in [0.1, 0.15) is 24.6 Å². The second kappa shape index (κ2) is 5.45. The number of hydrogen-bond acceptors (Lipinski definition) is 2. The minimum atomic E-state index is -1.32. The van der Waals surface area contributed by atoms with E-state index in [2.05, 4.69) is 4.98 Å². The third-order valence-corrected chi connectivity index (χ3v) is 3.80. The van der Waals surface area contributed by atoms with Gasteiger partial charge in [-0.3, -0.25) is 4.98 Å². The molecule has 0 aliphatic rings. The molecule has 2 aromatic rings. The van der Waals surface area contributed by atoms with Crippen LogP contribution in [-0.4, -0.2) is 10.1 Å². The van der Waals surface area contributed by atoms with Gasteiger partial charge in [-0.2, -0.15) is 0 Å². The van der Waals surface area contributed by atoms with E-state index in [0.29, 0.717) is 27.7 Å². The highest BCUT2D eigenvalue weighted by atomic mass is 35.5. The van der Waals surface area contributed by atoms with Gasteiger partial charge in [0.05, 0.1) is 21.9 Å². The van der Waals surface area contributed by atoms with Gasteiger partial charge in [0.25, 0.3) is 0 Å². The van der Waals surface area contributed by atoms with E-state index in [9.17, 15) is 9.50 Å². The van der Waals surface area contributed by atoms with Crippen molar-refractivity contribution in [3.05, 3.63) is 63.6 Å². The van der Waals surface area contributed by atoms with E-state index in [1.54, 1.807) is 18.2 Å². The van der Waals surface area contributed by atoms with Crippen LogP contribution in [0.3, 0.4) is 0 Å². The molecule has 1 unspecified atom stereocenters. The summed E-state index contributed by atoms with van der Waals surface area (Å²) in [7, 11) is 0. The molecule has 1 aromatic carbocycles. The summed E-state index contributed by atoms with van der Waals surface area (Å²) in [5.74, 6) is -0.448. The van der Waals surface area contributed by atoms with Crippen molar-refractivity contribution in [1.29, 1.82) is 0 Å². The standard InChI is InChI=1S/C14H12Cl2FNO/c1-2-14(19,13-6-4-10(17)8-18-13)9-3-5-11(15)12(16)7-9/h3-8,19H,2H2,1H3. The van der Waals surface area contributed by atoms with E-state index >= 15 is 0 Å². The predicted molar refractivity (Wildman–Crippen MR) is 73.9 cm³/mol. The van der Waals surface area contributed by atoms with Crippen molar-refractivity contribution in [3.63, 3.8) is 0 Å². The third kappa shape index (κ3) is 2.73. The van der Waals surface area contributed by atoms with Gasteiger partial charge < -0.3 is 5.11 Å². The quantitative estimate of drug-likeness (QED) is 0.922. The fourth-order valence-corrected chi connectivity index (χ4v) is 2.21. The van der Waals surface area contributed by atoms with Crippen molar-refractivity contribution in [1.82, 2.24) is 4.98 Å². The molecule has 2 rings (SSSR count). The molecule has 1 N–H and O–H groups in total. The number of pyridine rings is 1. The summed E-state index contributed by atoms with van der Waals surface area (Å²) in [6.07, 6.45) is 1.46. The van der Waals surface area contributed by atoms with Gasteiger partial charge in [0.2, 0.25) is 0 Å². The zero-order valence-electron chi connectivity index (χ0n) is 10.2. The average Bonchev–Trinajstić information content (AvgIpc) is 2.42. The summed E-state index contributed by atoms with van der Waals surface area (Å²) in [5.41, 5.74) is -0.375. The van der Waals surface area contributed by atoms with E-state index in [-0.39, 0.29) is 0 Å². The minimum absolute atomic E-state index is 0.355. The summed E-state index contributed by atoms with van der Waals surface area (Å²) in [5, 5.41) is 11.5. The van der Waals surface area contributed by atoms with Crippen LogP contribution in [0.2, 0.25) is 10.0 Å². The van der Waals surface area contributed by atoms with Gasteiger partial charge >= 0.3 is 0 Å². The number of hydrogen-bond donors (Lipinski definition) is 1. The van der Waals surface area contributed by atoms with Crippen molar-refractivity contribution in [2.75, 3.05) is 0 Å². The molecule has 0 bridgehead atoms. The molecule has 0 saturated carbocycles. The van der Waals surface area contributed by atoms with E-state index in [4.69, 9.17) is 23.2 Å². The van der Waals surface area contributed by atoms with E-state index < -0.39 is 11.4 Å². The molecule has 0 radical (unpaired) electrons. The molecule has 5 heteroatoms. The first-order valence-corrected chi connectivity index (χ1v) is 6.53. The smallest absolute Gasteiger partial charge is 0.141 e. The molecule has 2 nitrogen and oxygen atoms in total. The van der Waals surface area contributed by atoms with Crippen molar-refractivity contribution < 1.29 is 9.50 Å². The van der Waals surface area contributed by atoms with Gasteiger partial charge in [-0.1, -0.05) is 36.2 Å². The maximum absolute atomic E-state index is 12.9. The highest BCUT2D eigenvalue weighted by Gasteiger charge is 2.31. The Kier molecular flexibility index (Phi) is 4.09. The second-order valence-corrected chi connectivity index (χ2v) is 5.02. The zero-order valence-corrected chi connectivity index (χ0v) is 11.7. The number of benzene rings is 1. The first-order chi connectivity index (χ1) is 8.97. The molecular formula is C14H12Cl2FNO. The fraction of sp³-hybridized carbons (Fsp3) is 0.214. The Balaban J connectivity index is 2.52. The number of aliphatic hydroxyl groups is 1. The first kappa shape index (κ1) is 14.3. The molecule has 19 heavy (non-hydrogen) atoms. The molecule has 0 fully saturated rings. The average molecular weight is 300 g/mol. The number of halogens is 3. The van der Waals surface area contributed by atoms with Crippen LogP contribution in [0.25, 0.3) is 0 Å². The van der Waals surface area contributed by atoms with Crippen LogP contribution in [-0.2, 0) is 5.60 Å². The van der Waals surface area contributed by atoms with Gasteiger partial charge in [0, 0.05) is 0 Å². The monoisotopic (exact) mass is 299 g/mol. The van der Waals surface area contributed by atoms with Crippen LogP contribution in [0.15, 0.2) is 36.5 Å². The lowest BCUT2D eigenvalue weighted by Crippen LogP contribution is -2.27. The molecule has 0 spiro atoms. The van der Waals surface area contributed by atoms with Crippen LogP contribution in [0.4, 0.5) is 4.39 Å². The Labute approximate surface area is 120 Å². The maximum Gasteiger partial charge on any atom is 0.141 e. The zero-order chi connectivity index (χ0) is 14.0. The lowest BCUT2D eigenvalue weighted by molar-refractivity contribution is 0.0718. The van der Waals surface area contributed by atoms with Crippen LogP contribution < -0.4 is 0 Å². The van der Waals surface area contributed by atoms with Crippen LogP contribution in [0, 0.1) is 5.82 Å². The van der Waals surface area contributed by atoms with Crippen molar-refractivity contribution in [2.24, 2.45) is 0 Å². The fourth-order valence-electron chi connectivity index (χ4n) is 1.91. The summed E-state index contributed by atoms with van der Waals surface area (Å²) >= 11 is 11.8. The molecule has 1 aromatic heterocycles. The molecule has 1 heterocycles. The SMILES string of the molecule is CCC(O)(c1ccc(Cl)c(Cl)c1)c1ccc(F)cn1. The second-order valence-electron chi connectivity index (χ2n) is 4.20. The Morgan fingerprint density at radius 3 is 2.47 bits per heavy atom. The topological polar surface area (TPSA) is 33.1 Å². The lowest BCUT2D eigenvalue weighted by Gasteiger charge is -2.27. The number of aromatic nitrogens is 1. The van der Waals surface area contributed by atoms with E-state index in [0.717, 1.165) is 6.20 Å². The Morgan fingerprint density at radius 2 is 1.95 bits per heavy atom. The Hall–Kier alpha value is -1.16. The summed E-state index contributed by atoms with van der Waals surface area (Å²) < 4.78 is 12.9. The summed E-state index contributed by atoms with van der Waals surface area (Å²) in [6.45, 7) is 1.81. The molecule has 0 aliphatic carbocycles. The highest BCUT2D eigenvalue weighted by Crippen LogP contribution is 2.34. The molecule has 0 aliphatic heterocycles. The maximum atomic E-state index is 12.9. The largest absolute Gasteiger partial charge is 0.379 e. The van der Waals surface area contributed by atoms with Crippen molar-refractivity contribution in [2.45, 2.75) is 18.9 Å². The minimum Gasteiger partial charge on any atom is -0.379 e. The predicted octanol–water partition coefficient (Wildman–Crippen LogP) is 4.17. The first-order valence-electron chi connectivity index (χ1n) is 5.77. The summed E-state index contributed by atoms with van der Waals surface area (Å²) in [4.78, 5) is 3.95. The Morgan fingerprint density at radius 1 is 1.21 bits per heavy atom. The number of nitrogens with zero attached hydrogens (tertiary/aromatic N) is 1. The molecule has 100 valence electrons. The van der Waals surface area contributed by atoms with E-state index in [1.165, 1.54) is 12.1 Å². The van der Waals surface area contributed by atoms with Crippen molar-refractivity contribution in [3.8, 4) is 0 Å². The molecular weight excluding hydrogens is 288 g/mol. The molecule has 1 atom stereocenters. The summed E-state index contributed by atoms with van der Waals surface area (Å²) in [6, 6.07) is 7.62. The number of rotatable bonds is 3.